The van der Waals surface area contributed by atoms with Gasteiger partial charge in [0.1, 0.15) is 0 Å². The lowest BCUT2D eigenvalue weighted by molar-refractivity contribution is -0.00970. The Morgan fingerprint density at radius 2 is 1.72 bits per heavy atom. The third-order valence-electron chi connectivity index (χ3n) is 13.0. The summed E-state index contributed by atoms with van der Waals surface area (Å²) >= 11 is 0. The van der Waals surface area contributed by atoms with Gasteiger partial charge in [0.05, 0.1) is 18.1 Å². The number of benzene rings is 1. The molecule has 39 heavy (non-hydrogen) atoms. The maximum atomic E-state index is 7.22. The Balaban J connectivity index is 1.26. The standard InChI is InChI=1S/C35H43BN2O/c1-34(2)35(21-9-4-10-22-35)25-16-11-17-26-32(25)38(34)28-19-12-18-27-30(28)36(26)33-31(24-15-7-8-20-29(24)39-33)37(27)23-13-5-3-6-14-23/h3,5-8,11,13-15,17,20,24-25,27-31,33H,4,9-10,12,16,18-19,21-22H2,1-2H3. The minimum absolute atomic E-state index is 0.200. The van der Waals surface area contributed by atoms with Crippen LogP contribution >= 0.6 is 0 Å². The van der Waals surface area contributed by atoms with Gasteiger partial charge in [0, 0.05) is 46.3 Å². The zero-order valence-electron chi connectivity index (χ0n) is 23.7. The predicted octanol–water partition coefficient (Wildman–Crippen LogP) is 7.14. The van der Waals surface area contributed by atoms with Gasteiger partial charge in [-0.05, 0) is 70.3 Å². The van der Waals surface area contributed by atoms with Crippen LogP contribution in [0.25, 0.3) is 0 Å². The highest BCUT2D eigenvalue weighted by atomic mass is 16.5. The molecule has 3 nitrogen and oxygen atoms in total. The molecule has 8 unspecified atom stereocenters. The number of allylic oxidation sites excluding steroid dienone is 6. The lowest BCUT2D eigenvalue weighted by atomic mass is 9.25. The van der Waals surface area contributed by atoms with Crippen molar-refractivity contribution in [2.75, 3.05) is 4.90 Å². The molecular weight excluding hydrogens is 475 g/mol. The molecule has 0 N–H and O–H groups in total. The Kier molecular flexibility index (Phi) is 4.93. The van der Waals surface area contributed by atoms with Gasteiger partial charge < -0.3 is 14.5 Å². The zero-order valence-corrected chi connectivity index (χ0v) is 23.7. The second-order valence-electron chi connectivity index (χ2n) is 14.5. The normalized spacial score (nSPS) is 41.9. The number of hydrogen-bond donors (Lipinski definition) is 0. The van der Waals surface area contributed by atoms with Crippen LogP contribution in [0.1, 0.15) is 71.6 Å². The number of nitrogens with zero attached hydrogens (tertiary/aromatic N) is 2. The van der Waals surface area contributed by atoms with Gasteiger partial charge in [0.25, 0.3) is 0 Å². The van der Waals surface area contributed by atoms with Gasteiger partial charge in [-0.1, -0.05) is 79.4 Å². The molecule has 0 bridgehead atoms. The van der Waals surface area contributed by atoms with Crippen LogP contribution in [-0.4, -0.2) is 47.4 Å². The van der Waals surface area contributed by atoms with Gasteiger partial charge >= 0.3 is 0 Å². The van der Waals surface area contributed by atoms with Crippen LogP contribution in [0.15, 0.2) is 78.0 Å². The van der Waals surface area contributed by atoms with E-state index in [0.29, 0.717) is 47.9 Å². The van der Waals surface area contributed by atoms with E-state index in [1.165, 1.54) is 63.5 Å². The van der Waals surface area contributed by atoms with E-state index in [-0.39, 0.29) is 17.6 Å². The summed E-state index contributed by atoms with van der Waals surface area (Å²) in [4.78, 5) is 5.97. The van der Waals surface area contributed by atoms with Crippen LogP contribution in [0.2, 0.25) is 5.82 Å². The minimum atomic E-state index is 0.200. The first-order valence-electron chi connectivity index (χ1n) is 16.2. The molecule has 8 aliphatic rings. The van der Waals surface area contributed by atoms with E-state index in [1.54, 1.807) is 11.2 Å². The quantitative estimate of drug-likeness (QED) is 0.368. The zero-order chi connectivity index (χ0) is 25.9. The smallest absolute Gasteiger partial charge is 0.222 e. The lowest BCUT2D eigenvalue weighted by Crippen LogP contribution is -2.71. The van der Waals surface area contributed by atoms with Crippen molar-refractivity contribution in [1.82, 2.24) is 4.90 Å². The van der Waals surface area contributed by atoms with E-state index in [0.717, 1.165) is 0 Å². The fourth-order valence-corrected chi connectivity index (χ4v) is 11.7. The molecule has 202 valence electrons. The Morgan fingerprint density at radius 3 is 2.56 bits per heavy atom. The molecule has 1 aromatic rings. The number of fused-ring (bicyclic) bond motifs is 7. The number of anilines is 1. The third-order valence-corrected chi connectivity index (χ3v) is 13.0. The summed E-state index contributed by atoms with van der Waals surface area (Å²) < 4.78 is 7.22. The minimum Gasteiger partial charge on any atom is -0.376 e. The topological polar surface area (TPSA) is 15.7 Å². The SMILES string of the molecule is CC1(C)N2C3=C(C=CCC3C13CCCCC3)B1C3OC4C=CC=CC4C3N(c3ccccc3)C3CCCC2C13. The van der Waals surface area contributed by atoms with Crippen LogP contribution in [0, 0.1) is 17.3 Å². The van der Waals surface area contributed by atoms with Crippen molar-refractivity contribution in [3.8, 4) is 0 Å². The fourth-order valence-electron chi connectivity index (χ4n) is 11.7. The summed E-state index contributed by atoms with van der Waals surface area (Å²) in [6.07, 6.45) is 27.0. The summed E-state index contributed by atoms with van der Waals surface area (Å²) in [6.45, 7) is 5.82. The van der Waals surface area contributed by atoms with Gasteiger partial charge in [-0.2, -0.15) is 0 Å². The molecule has 9 rings (SSSR count). The maximum absolute atomic E-state index is 7.22. The molecular formula is C35H43BN2O. The first kappa shape index (κ1) is 23.5. The van der Waals surface area contributed by atoms with E-state index in [1.807, 2.05) is 0 Å². The molecule has 2 saturated carbocycles. The van der Waals surface area contributed by atoms with Crippen LogP contribution in [0.4, 0.5) is 5.69 Å². The highest BCUT2D eigenvalue weighted by Crippen LogP contribution is 2.68. The van der Waals surface area contributed by atoms with E-state index in [4.69, 9.17) is 4.74 Å². The van der Waals surface area contributed by atoms with Gasteiger partial charge in [0.2, 0.25) is 6.71 Å². The summed E-state index contributed by atoms with van der Waals surface area (Å²) in [7, 11) is 0. The van der Waals surface area contributed by atoms with Crippen LogP contribution in [0.5, 0.6) is 0 Å². The monoisotopic (exact) mass is 518 g/mol. The molecule has 0 aromatic heterocycles. The molecule has 0 radical (unpaired) electrons. The highest BCUT2D eigenvalue weighted by molar-refractivity contribution is 6.72. The predicted molar refractivity (Wildman–Crippen MR) is 160 cm³/mol. The lowest BCUT2D eigenvalue weighted by Gasteiger charge is -2.62. The van der Waals surface area contributed by atoms with E-state index in [9.17, 15) is 0 Å². The van der Waals surface area contributed by atoms with Gasteiger partial charge in [-0.15, -0.1) is 0 Å². The summed E-state index contributed by atoms with van der Waals surface area (Å²) in [5.41, 5.74) is 5.50. The van der Waals surface area contributed by atoms with Gasteiger partial charge in [-0.3, -0.25) is 0 Å². The highest BCUT2D eigenvalue weighted by Gasteiger charge is 2.70. The molecule has 0 amide bonds. The van der Waals surface area contributed by atoms with E-state index in [2.05, 4.69) is 90.4 Å². The second-order valence-corrected chi connectivity index (χ2v) is 14.5. The Bertz CT molecular complexity index is 1290. The average Bonchev–Trinajstić information content (AvgIpc) is 3.44. The number of hydrogen-bond acceptors (Lipinski definition) is 3. The first-order valence-corrected chi connectivity index (χ1v) is 16.2. The van der Waals surface area contributed by atoms with Crippen molar-refractivity contribution in [2.45, 2.75) is 113 Å². The molecule has 1 spiro atoms. The van der Waals surface area contributed by atoms with Crippen molar-refractivity contribution in [2.24, 2.45) is 17.3 Å². The van der Waals surface area contributed by atoms with Crippen molar-refractivity contribution in [1.29, 1.82) is 0 Å². The first-order chi connectivity index (χ1) is 19.1. The Hall–Kier alpha value is -2.20. The van der Waals surface area contributed by atoms with Crippen LogP contribution in [-0.2, 0) is 4.74 Å². The van der Waals surface area contributed by atoms with Crippen molar-refractivity contribution >= 4 is 12.4 Å². The van der Waals surface area contributed by atoms with Gasteiger partial charge in [0.15, 0.2) is 0 Å². The molecule has 4 heterocycles. The molecule has 1 aromatic carbocycles. The maximum Gasteiger partial charge on any atom is 0.222 e. The number of ether oxygens (including phenoxy) is 1. The van der Waals surface area contributed by atoms with Crippen LogP contribution < -0.4 is 4.90 Å². The fraction of sp³-hybridized carbons (Fsp3) is 0.600. The van der Waals surface area contributed by atoms with E-state index < -0.39 is 0 Å². The second kappa shape index (κ2) is 8.18. The van der Waals surface area contributed by atoms with Crippen molar-refractivity contribution in [3.63, 3.8) is 0 Å². The number of para-hydroxylation sites is 1. The largest absolute Gasteiger partial charge is 0.376 e. The van der Waals surface area contributed by atoms with Crippen LogP contribution in [0.3, 0.4) is 0 Å². The number of rotatable bonds is 1. The summed E-state index contributed by atoms with van der Waals surface area (Å²) in [5.74, 6) is 1.75. The van der Waals surface area contributed by atoms with E-state index >= 15 is 0 Å². The summed E-state index contributed by atoms with van der Waals surface area (Å²) in [6, 6.07) is 13.2. The Morgan fingerprint density at radius 1 is 0.923 bits per heavy atom. The summed E-state index contributed by atoms with van der Waals surface area (Å²) in [5, 5.41) is 0. The van der Waals surface area contributed by atoms with Crippen molar-refractivity contribution < 1.29 is 4.74 Å². The molecule has 3 saturated heterocycles. The molecule has 4 heteroatoms. The molecule has 8 atom stereocenters. The van der Waals surface area contributed by atoms with Gasteiger partial charge in [-0.25, -0.2) is 0 Å². The average molecular weight is 519 g/mol. The third kappa shape index (κ3) is 2.85. The molecule has 4 aliphatic carbocycles. The molecule has 4 aliphatic heterocycles. The molecule has 5 fully saturated rings. The Labute approximate surface area is 235 Å². The van der Waals surface area contributed by atoms with Crippen molar-refractivity contribution in [3.05, 3.63) is 78.0 Å².